The normalized spacial score (nSPS) is 12.6. The van der Waals surface area contributed by atoms with E-state index in [9.17, 15) is 69.6 Å². The van der Waals surface area contributed by atoms with Crippen molar-refractivity contribution in [1.82, 2.24) is 21.3 Å². The number of nitrogens with one attached hydrogen (secondary N) is 9. The van der Waals surface area contributed by atoms with Gasteiger partial charge >= 0.3 is 30.4 Å². The fourth-order valence-electron chi connectivity index (χ4n) is 8.87. The summed E-state index contributed by atoms with van der Waals surface area (Å²) in [5.74, 6) is -2.68. The summed E-state index contributed by atoms with van der Waals surface area (Å²) in [7, 11) is -10.7. The number of hydrogen-bond acceptors (Lipinski definition) is 19. The fourth-order valence-corrected chi connectivity index (χ4v) is 13.5. The minimum atomic E-state index is -5.08. The van der Waals surface area contributed by atoms with Crippen LogP contribution in [0.5, 0.6) is 0 Å². The third-order valence-electron chi connectivity index (χ3n) is 15.3. The third-order valence-corrected chi connectivity index (χ3v) is 22.2. The molecule has 6 rings (SSSR count). The molecule has 0 aliphatic rings. The molecule has 28 nitrogen and oxygen atoms in total. The summed E-state index contributed by atoms with van der Waals surface area (Å²) in [6.07, 6.45) is -0.861. The molecule has 0 bridgehead atoms. The van der Waals surface area contributed by atoms with Gasteiger partial charge in [0.05, 0.1) is 46.6 Å². The molecule has 0 spiro atoms. The van der Waals surface area contributed by atoms with E-state index in [0.717, 1.165) is 53.1 Å². The van der Waals surface area contributed by atoms with E-state index in [1.165, 1.54) is 17.2 Å². The van der Waals surface area contributed by atoms with Crippen LogP contribution < -0.4 is 56.9 Å². The Labute approximate surface area is 745 Å². The number of alkyl halides is 3. The van der Waals surface area contributed by atoms with E-state index in [4.69, 9.17) is 41.5 Å². The molecule has 0 aromatic heterocycles. The Bertz CT molecular complexity index is 5140. The maximum Gasteiger partial charge on any atom is 0.490 e. The molecule has 5 atom stereocenters. The largest absolute Gasteiger partial charge is 0.490 e. The summed E-state index contributed by atoms with van der Waals surface area (Å²) in [4.78, 5) is 44.9. The number of carboxylic acid groups (broad SMARTS) is 1. The van der Waals surface area contributed by atoms with Crippen LogP contribution in [-0.2, 0) is 68.8 Å². The van der Waals surface area contributed by atoms with E-state index in [1.54, 1.807) is 140 Å². The Hall–Kier alpha value is -9.01. The topological polar surface area (TPSA) is 438 Å². The zero-order chi connectivity index (χ0) is 93.1. The highest BCUT2D eigenvalue weighted by atomic mass is 127. The number of carbonyl (C=O) groups is 4. The third kappa shape index (κ3) is 46.7. The predicted molar refractivity (Wildman–Crippen MR) is 505 cm³/mol. The fraction of sp³-hybridized carbons (Fsp3) is 0.341. The molecule has 0 saturated heterocycles. The summed E-state index contributed by atoms with van der Waals surface area (Å²) in [5.41, 5.74) is 21.3. The van der Waals surface area contributed by atoms with E-state index >= 15 is 0 Å². The van der Waals surface area contributed by atoms with Crippen molar-refractivity contribution in [1.29, 1.82) is 0 Å². The lowest BCUT2D eigenvalue weighted by atomic mass is 9.87. The quantitative estimate of drug-likeness (QED) is 0.0129. The highest BCUT2D eigenvalue weighted by molar-refractivity contribution is 14.1. The second-order valence-electron chi connectivity index (χ2n) is 28.7. The van der Waals surface area contributed by atoms with Gasteiger partial charge in [-0.15, -0.1) is 0 Å². The van der Waals surface area contributed by atoms with E-state index < -0.39 is 84.7 Å². The first-order valence-electron chi connectivity index (χ1n) is 36.0. The lowest BCUT2D eigenvalue weighted by molar-refractivity contribution is -0.192. The summed E-state index contributed by atoms with van der Waals surface area (Å²) < 4.78 is 166. The van der Waals surface area contributed by atoms with Crippen LogP contribution in [0.3, 0.4) is 0 Å². The number of hydrogen-bond donors (Lipinski definition) is 12. The number of urea groups is 1. The molecule has 0 aliphatic carbocycles. The van der Waals surface area contributed by atoms with Crippen LogP contribution in [0.15, 0.2) is 183 Å². The van der Waals surface area contributed by atoms with E-state index in [2.05, 4.69) is 154 Å². The Balaban J connectivity index is 0. The van der Waals surface area contributed by atoms with Crippen molar-refractivity contribution in [3.8, 4) is 0 Å². The van der Waals surface area contributed by atoms with Gasteiger partial charge in [-0.25, -0.2) is 61.3 Å². The molecular weight excluding hydrogens is 1920 g/mol. The smallest absolute Gasteiger partial charge is 0.475 e. The van der Waals surface area contributed by atoms with Crippen molar-refractivity contribution < 1.29 is 89.0 Å². The minimum Gasteiger partial charge on any atom is -0.475 e. The van der Waals surface area contributed by atoms with Gasteiger partial charge in [0.2, 0.25) is 9.05 Å². The number of nitrogens with two attached hydrogens (primary N) is 2. The maximum atomic E-state index is 12.4. The number of aliphatic carboxylic acids is 1. The van der Waals surface area contributed by atoms with Crippen molar-refractivity contribution in [2.24, 2.45) is 5.73 Å². The lowest BCUT2D eigenvalue weighted by Gasteiger charge is -2.22. The van der Waals surface area contributed by atoms with Gasteiger partial charge in [-0.05, 0) is 263 Å². The zero-order valence-electron chi connectivity index (χ0n) is 69.7. The Morgan fingerprint density at radius 3 is 1.08 bits per heavy atom. The van der Waals surface area contributed by atoms with Gasteiger partial charge in [-0.2, -0.15) is 13.2 Å². The van der Waals surface area contributed by atoms with Crippen LogP contribution in [0.2, 0.25) is 0 Å². The number of carboxylic acids is 1. The average Bonchev–Trinajstić information content (AvgIpc) is 0.847. The van der Waals surface area contributed by atoms with Gasteiger partial charge in [-0.3, -0.25) is 18.9 Å². The molecule has 0 radical (unpaired) electrons. The van der Waals surface area contributed by atoms with Crippen LogP contribution in [0, 0.1) is 7.14 Å². The number of amides is 4. The number of sulfonamides is 4. The summed E-state index contributed by atoms with van der Waals surface area (Å²) in [6.45, 7) is 52.4. The van der Waals surface area contributed by atoms with Crippen LogP contribution in [0.25, 0.3) is 18.2 Å². The molecule has 6 aromatic rings. The highest BCUT2D eigenvalue weighted by Gasteiger charge is 2.38. The summed E-state index contributed by atoms with van der Waals surface area (Å²) >= 11 is 4.27. The zero-order valence-corrected chi connectivity index (χ0v) is 78.9. The molecule has 672 valence electrons. The van der Waals surface area contributed by atoms with Gasteiger partial charge in [0.1, 0.15) is 11.2 Å². The minimum absolute atomic E-state index is 0. The molecule has 0 aliphatic heterocycles. The molecule has 0 unspecified atom stereocenters. The SMILES string of the molecule is C.C=CS(=O)(=O)Nc1ccc([C@@H](C)NC(=O)OC(C)(C)C)cc1I.C=Cc1cc([C@@H](C)N)ccc1NS(=O)(=O)C=C.C=Cc1cc([C@@H](C)NC(=O)Nc2ccc(C(C)(C)C)cc2)ccc1NS(=O)(=O)C=C.C=Cc1cc([C@@H](C)NC(=O)OC(C)(C)C)ccc1NS(=O)(=O)C=C.CCCS(=O)(=O)Cl.CN[C@H](C)c1ccc(N)c(I)c1.O=C(O)C(F)(F)F. The average molecular weight is 2030 g/mol. The number of rotatable bonds is 27. The maximum absolute atomic E-state index is 12.4. The molecule has 0 fully saturated rings. The van der Waals surface area contributed by atoms with Crippen molar-refractivity contribution in [2.45, 2.75) is 171 Å². The molecule has 4 amide bonds. The number of nitrogen functional groups attached to an aromatic ring is 1. The van der Waals surface area contributed by atoms with E-state index in [0.29, 0.717) is 61.2 Å². The number of halogens is 6. The first-order chi connectivity index (χ1) is 54.9. The van der Waals surface area contributed by atoms with Crippen molar-refractivity contribution in [3.63, 3.8) is 0 Å². The monoisotopic (exact) mass is 2030 g/mol. The van der Waals surface area contributed by atoms with E-state index in [-0.39, 0.29) is 48.8 Å². The summed E-state index contributed by atoms with van der Waals surface area (Å²) in [5, 5.41) is 24.9. The lowest BCUT2D eigenvalue weighted by Crippen LogP contribution is -2.34. The highest BCUT2D eigenvalue weighted by Crippen LogP contribution is 2.30. The van der Waals surface area contributed by atoms with Crippen molar-refractivity contribution >= 4 is 182 Å². The molecule has 0 heterocycles. The molecular formula is C82H115ClF3I2N11O17S5. The van der Waals surface area contributed by atoms with Crippen LogP contribution in [0.1, 0.15) is 198 Å². The van der Waals surface area contributed by atoms with Crippen molar-refractivity contribution in [3.05, 3.63) is 240 Å². The number of benzene rings is 6. The van der Waals surface area contributed by atoms with Crippen molar-refractivity contribution in [2.75, 3.05) is 42.7 Å². The van der Waals surface area contributed by atoms with Gasteiger partial charge in [0, 0.05) is 62.9 Å². The molecule has 14 N–H and O–H groups in total. The van der Waals surface area contributed by atoms with Gasteiger partial charge in [-0.1, -0.05) is 142 Å². The van der Waals surface area contributed by atoms with Crippen LogP contribution in [0.4, 0.5) is 61.7 Å². The van der Waals surface area contributed by atoms with Gasteiger partial charge < -0.3 is 52.6 Å². The van der Waals surface area contributed by atoms with Gasteiger partial charge in [0.15, 0.2) is 0 Å². The first kappa shape index (κ1) is 114. The predicted octanol–water partition coefficient (Wildman–Crippen LogP) is 19.6. The molecule has 0 saturated carbocycles. The molecule has 121 heavy (non-hydrogen) atoms. The van der Waals surface area contributed by atoms with E-state index in [1.807, 2.05) is 80.7 Å². The molecule has 39 heteroatoms. The number of anilines is 6. The van der Waals surface area contributed by atoms with Crippen LogP contribution >= 0.6 is 55.9 Å². The second-order valence-corrected chi connectivity index (χ2v) is 40.4. The second kappa shape index (κ2) is 51.2. The Morgan fingerprint density at radius 1 is 0.496 bits per heavy atom. The Kier molecular flexibility index (Phi) is 48.2. The van der Waals surface area contributed by atoms with Gasteiger partial charge in [0.25, 0.3) is 40.1 Å². The Morgan fingerprint density at radius 2 is 0.802 bits per heavy atom. The molecule has 6 aromatic carbocycles. The number of alkyl carbamates (subject to hydrolysis) is 2. The summed E-state index contributed by atoms with van der Waals surface area (Å²) in [6, 6.07) is 33.6. The standard InChI is InChI=1S/C23H29N3O3S.C17H24N2O4S.C15H21IN2O4S.C12H16N2O2S.C9H13IN2.C3H7ClO2S.C2HF3O2.CH4/c1-7-17-15-18(9-14-21(17)26-30(28,29)8-2)16(3)24-22(27)25-20-12-10-19(11-13-20)23(4,5)6;1-7-13-11-14(9-10-15(13)19-24(21,22)8-2)12(3)18-16(20)23-17(4,5)6;1-6-23(20,21)18-13-8-7-11(9-12(13)16)10(2)17-14(19)22-15(3,4)5;1-4-10-8-11(9(3)13)6-7-12(10)14-17(15,16)5-2;1-6(12-2)7-3-4-9(11)8(10)5-7;1-2-3-7(4,5)6;3-2(4,5)1(6)7;/h7-16,26H,1-2H2,3-6H3,(H2,24,25,27);7-12,19H,1-2H2,3-6H3,(H,18,20);6-10,18H,1H2,2-5H3,(H,17,19);4-9,14H,1-2,13H2,3H3;3-6,12H,11H2,1-2H3;2-3H2,1H3;(H,6,7);1H4/t16-;12-;10-;9-;6-;;;/m11111.../s1. The first-order valence-corrected chi connectivity index (χ1v) is 46.8. The van der Waals surface area contributed by atoms with Crippen LogP contribution in [-0.4, -0.2) is 102 Å². The number of carbonyl (C=O) groups excluding carboxylic acids is 3. The number of ether oxygens (including phenoxy) is 2.